The van der Waals surface area contributed by atoms with Crippen LogP contribution < -0.4 is 9.62 Å². The second-order valence-corrected chi connectivity index (χ2v) is 11.7. The van der Waals surface area contributed by atoms with E-state index in [0.29, 0.717) is 5.69 Å². The smallest absolute Gasteiger partial charge is 0.264 e. The van der Waals surface area contributed by atoms with Gasteiger partial charge >= 0.3 is 0 Å². The van der Waals surface area contributed by atoms with Crippen LogP contribution in [0.5, 0.6) is 0 Å². The zero-order valence-electron chi connectivity index (χ0n) is 18.7. The maximum Gasteiger partial charge on any atom is 0.264 e. The molecule has 1 N–H and O–H groups in total. The summed E-state index contributed by atoms with van der Waals surface area (Å²) in [6, 6.07) is 18.6. The fourth-order valence-electron chi connectivity index (χ4n) is 3.04. The van der Waals surface area contributed by atoms with E-state index in [1.54, 1.807) is 24.3 Å². The van der Waals surface area contributed by atoms with Crippen LogP contribution in [-0.2, 0) is 20.0 Å². The minimum Gasteiger partial charge on any atom is -0.321 e. The molecule has 0 aliphatic rings. The number of rotatable bonds is 7. The molecule has 33 heavy (non-hydrogen) atoms. The number of nitrogens with zero attached hydrogens (tertiary/aromatic N) is 2. The van der Waals surface area contributed by atoms with Crippen molar-refractivity contribution in [2.45, 2.75) is 16.7 Å². The van der Waals surface area contributed by atoms with Gasteiger partial charge in [-0.15, -0.1) is 0 Å². The molecule has 174 valence electrons. The Bertz CT molecular complexity index is 1380. The number of anilines is 2. The number of carbonyl (C=O) groups excluding carboxylic acids is 1. The Morgan fingerprint density at radius 3 is 2.06 bits per heavy atom. The topological polar surface area (TPSA) is 104 Å². The second-order valence-electron chi connectivity index (χ2n) is 7.57. The SMILES string of the molecule is Cc1ccc(N(C)S(=O)(=O)c2cccc(C(=O)Nc3ccccc3S(=O)(=O)N(C)C)c2)cc1. The summed E-state index contributed by atoms with van der Waals surface area (Å²) >= 11 is 0. The molecule has 0 atom stereocenters. The van der Waals surface area contributed by atoms with Crippen molar-refractivity contribution in [2.75, 3.05) is 30.8 Å². The lowest BCUT2D eigenvalue weighted by atomic mass is 10.2. The predicted octanol–water partition coefficient (Wildman–Crippen LogP) is 3.32. The van der Waals surface area contributed by atoms with Crippen molar-refractivity contribution in [1.29, 1.82) is 0 Å². The van der Waals surface area contributed by atoms with Gasteiger partial charge in [-0.1, -0.05) is 35.9 Å². The van der Waals surface area contributed by atoms with Gasteiger partial charge in [-0.2, -0.15) is 0 Å². The molecule has 0 aliphatic heterocycles. The predicted molar refractivity (Wildman–Crippen MR) is 128 cm³/mol. The van der Waals surface area contributed by atoms with E-state index in [0.717, 1.165) is 14.2 Å². The van der Waals surface area contributed by atoms with Gasteiger partial charge in [0.2, 0.25) is 10.0 Å². The van der Waals surface area contributed by atoms with Gasteiger partial charge in [0, 0.05) is 26.7 Å². The average molecular weight is 488 g/mol. The highest BCUT2D eigenvalue weighted by molar-refractivity contribution is 7.92. The van der Waals surface area contributed by atoms with Crippen molar-refractivity contribution in [3.63, 3.8) is 0 Å². The van der Waals surface area contributed by atoms with Crippen LogP contribution in [0.3, 0.4) is 0 Å². The van der Waals surface area contributed by atoms with Crippen molar-refractivity contribution in [2.24, 2.45) is 0 Å². The Morgan fingerprint density at radius 2 is 1.42 bits per heavy atom. The van der Waals surface area contributed by atoms with Crippen molar-refractivity contribution in [1.82, 2.24) is 4.31 Å². The van der Waals surface area contributed by atoms with E-state index >= 15 is 0 Å². The second kappa shape index (κ2) is 9.34. The van der Waals surface area contributed by atoms with Gasteiger partial charge in [0.05, 0.1) is 16.3 Å². The van der Waals surface area contributed by atoms with Gasteiger partial charge < -0.3 is 5.32 Å². The van der Waals surface area contributed by atoms with Gasteiger partial charge in [-0.3, -0.25) is 9.10 Å². The van der Waals surface area contributed by atoms with Gasteiger partial charge in [0.1, 0.15) is 4.90 Å². The maximum absolute atomic E-state index is 13.1. The van der Waals surface area contributed by atoms with Gasteiger partial charge in [-0.25, -0.2) is 21.1 Å². The van der Waals surface area contributed by atoms with Crippen LogP contribution in [0.4, 0.5) is 11.4 Å². The number of benzene rings is 3. The van der Waals surface area contributed by atoms with Crippen LogP contribution in [0.15, 0.2) is 82.6 Å². The fourth-order valence-corrected chi connectivity index (χ4v) is 5.32. The molecule has 3 aromatic carbocycles. The van der Waals surface area contributed by atoms with Crippen LogP contribution in [0.2, 0.25) is 0 Å². The lowest BCUT2D eigenvalue weighted by Gasteiger charge is -2.20. The number of hydrogen-bond acceptors (Lipinski definition) is 5. The number of hydrogen-bond donors (Lipinski definition) is 1. The first-order valence-corrected chi connectivity index (χ1v) is 12.8. The highest BCUT2D eigenvalue weighted by atomic mass is 32.2. The van der Waals surface area contributed by atoms with Crippen molar-refractivity contribution in [3.8, 4) is 0 Å². The summed E-state index contributed by atoms with van der Waals surface area (Å²) in [4.78, 5) is 12.8. The number of carbonyl (C=O) groups is 1. The molecule has 0 spiro atoms. The number of nitrogens with one attached hydrogen (secondary N) is 1. The average Bonchev–Trinajstić information content (AvgIpc) is 2.79. The number of amides is 1. The monoisotopic (exact) mass is 487 g/mol. The first-order chi connectivity index (χ1) is 15.4. The molecule has 8 nitrogen and oxygen atoms in total. The molecular weight excluding hydrogens is 462 g/mol. The summed E-state index contributed by atoms with van der Waals surface area (Å²) in [5, 5.41) is 2.58. The van der Waals surface area contributed by atoms with Crippen LogP contribution in [0.1, 0.15) is 15.9 Å². The summed E-state index contributed by atoms with van der Waals surface area (Å²) in [7, 11) is -3.49. The van der Waals surface area contributed by atoms with Crippen molar-refractivity contribution in [3.05, 3.63) is 83.9 Å². The minimum atomic E-state index is -3.93. The van der Waals surface area contributed by atoms with Gasteiger partial charge in [0.25, 0.3) is 15.9 Å². The van der Waals surface area contributed by atoms with Crippen LogP contribution in [-0.4, -0.2) is 48.2 Å². The van der Waals surface area contributed by atoms with Crippen LogP contribution >= 0.6 is 0 Å². The van der Waals surface area contributed by atoms with E-state index in [1.807, 2.05) is 19.1 Å². The molecule has 3 rings (SSSR count). The third-order valence-electron chi connectivity index (χ3n) is 5.05. The Kier molecular flexibility index (Phi) is 6.92. The zero-order chi connectivity index (χ0) is 24.4. The van der Waals surface area contributed by atoms with Crippen molar-refractivity contribution < 1.29 is 21.6 Å². The summed E-state index contributed by atoms with van der Waals surface area (Å²) in [6.07, 6.45) is 0. The van der Waals surface area contributed by atoms with E-state index in [2.05, 4.69) is 5.32 Å². The van der Waals surface area contributed by atoms with E-state index < -0.39 is 26.0 Å². The van der Waals surface area contributed by atoms with E-state index in [4.69, 9.17) is 0 Å². The first kappa shape index (κ1) is 24.4. The molecule has 0 saturated heterocycles. The quantitative estimate of drug-likeness (QED) is 0.551. The maximum atomic E-state index is 13.1. The molecule has 0 fully saturated rings. The molecule has 0 radical (unpaired) electrons. The van der Waals surface area contributed by atoms with Gasteiger partial charge in [0.15, 0.2) is 0 Å². The third kappa shape index (κ3) is 5.08. The number of sulfonamides is 2. The molecule has 0 aromatic heterocycles. The zero-order valence-corrected chi connectivity index (χ0v) is 20.3. The Labute approximate surface area is 194 Å². The highest BCUT2D eigenvalue weighted by Gasteiger charge is 2.24. The summed E-state index contributed by atoms with van der Waals surface area (Å²) in [5.41, 5.74) is 1.66. The minimum absolute atomic E-state index is 0.0626. The van der Waals surface area contributed by atoms with E-state index in [1.165, 1.54) is 57.5 Å². The molecule has 0 aliphatic carbocycles. The standard InChI is InChI=1S/C23H25N3O5S2/c1-17-12-14-19(15-13-17)26(4)32(28,29)20-9-7-8-18(16-20)23(27)24-21-10-5-6-11-22(21)33(30,31)25(2)3/h5-16H,1-4H3,(H,24,27). The van der Waals surface area contributed by atoms with Crippen molar-refractivity contribution >= 4 is 37.3 Å². The molecule has 10 heteroatoms. The van der Waals surface area contributed by atoms with Crippen LogP contribution in [0, 0.1) is 6.92 Å². The molecule has 0 bridgehead atoms. The lowest BCUT2D eigenvalue weighted by Crippen LogP contribution is -2.27. The molecular formula is C23H25N3O5S2. The Hall–Kier alpha value is -3.21. The normalized spacial score (nSPS) is 11.9. The summed E-state index contributed by atoms with van der Waals surface area (Å²) < 4.78 is 53.6. The molecule has 0 saturated carbocycles. The van der Waals surface area contributed by atoms with Gasteiger partial charge in [-0.05, 0) is 49.4 Å². The van der Waals surface area contributed by atoms with E-state index in [-0.39, 0.29) is 21.0 Å². The fraction of sp³-hybridized carbons (Fsp3) is 0.174. The lowest BCUT2D eigenvalue weighted by molar-refractivity contribution is 0.102. The Morgan fingerprint density at radius 1 is 0.788 bits per heavy atom. The number of aryl methyl sites for hydroxylation is 1. The molecule has 0 unspecified atom stereocenters. The van der Waals surface area contributed by atoms with E-state index in [9.17, 15) is 21.6 Å². The molecule has 3 aromatic rings. The highest BCUT2D eigenvalue weighted by Crippen LogP contribution is 2.25. The number of para-hydroxylation sites is 1. The van der Waals surface area contributed by atoms with Crippen LogP contribution in [0.25, 0.3) is 0 Å². The summed E-state index contributed by atoms with van der Waals surface area (Å²) in [5.74, 6) is -0.633. The molecule has 1 amide bonds. The largest absolute Gasteiger partial charge is 0.321 e. The molecule has 0 heterocycles. The summed E-state index contributed by atoms with van der Waals surface area (Å²) in [6.45, 7) is 1.91. The third-order valence-corrected chi connectivity index (χ3v) is 8.70. The Balaban J connectivity index is 1.92. The first-order valence-electron chi connectivity index (χ1n) is 9.93.